The minimum absolute atomic E-state index is 0.379. The van der Waals surface area contributed by atoms with E-state index in [1.165, 1.54) is 7.05 Å². The first kappa shape index (κ1) is 12.1. The van der Waals surface area contributed by atoms with Crippen molar-refractivity contribution < 1.29 is 14.6 Å². The average molecular weight is 221 g/mol. The highest BCUT2D eigenvalue weighted by molar-refractivity contribution is 5.87. The molecule has 16 heavy (non-hydrogen) atoms. The lowest BCUT2D eigenvalue weighted by Crippen LogP contribution is -2.24. The highest BCUT2D eigenvalue weighted by atomic mass is 16.5. The second-order valence-electron chi connectivity index (χ2n) is 3.56. The van der Waals surface area contributed by atoms with Crippen LogP contribution in [0.1, 0.15) is 6.92 Å². The van der Waals surface area contributed by atoms with Crippen molar-refractivity contribution in [2.75, 3.05) is 18.6 Å². The van der Waals surface area contributed by atoms with Gasteiger partial charge in [0.1, 0.15) is 12.4 Å². The molecular weight excluding hydrogens is 206 g/mol. The molecule has 4 nitrogen and oxygen atoms in total. The van der Waals surface area contributed by atoms with Crippen LogP contribution >= 0.6 is 0 Å². The van der Waals surface area contributed by atoms with Gasteiger partial charge in [0.25, 0.3) is 0 Å². The van der Waals surface area contributed by atoms with Crippen LogP contribution in [0.5, 0.6) is 5.75 Å². The van der Waals surface area contributed by atoms with Crippen LogP contribution in [-0.4, -0.2) is 24.9 Å². The van der Waals surface area contributed by atoms with Gasteiger partial charge in [-0.1, -0.05) is 18.7 Å². The summed E-state index contributed by atoms with van der Waals surface area (Å²) in [5.41, 5.74) is 1.41. The molecule has 1 rings (SSSR count). The molecule has 0 aliphatic carbocycles. The van der Waals surface area contributed by atoms with E-state index < -0.39 is 6.09 Å². The first-order valence-electron chi connectivity index (χ1n) is 4.85. The maximum atomic E-state index is 10.8. The molecule has 0 aliphatic heterocycles. The van der Waals surface area contributed by atoms with Crippen molar-refractivity contribution in [2.45, 2.75) is 6.92 Å². The van der Waals surface area contributed by atoms with Crippen LogP contribution < -0.4 is 9.64 Å². The van der Waals surface area contributed by atoms with E-state index in [2.05, 4.69) is 6.58 Å². The predicted molar refractivity (Wildman–Crippen MR) is 63.2 cm³/mol. The maximum absolute atomic E-state index is 10.8. The third kappa shape index (κ3) is 3.02. The Morgan fingerprint density at radius 3 is 2.69 bits per heavy atom. The Labute approximate surface area is 94.8 Å². The number of hydrogen-bond acceptors (Lipinski definition) is 2. The van der Waals surface area contributed by atoms with Crippen molar-refractivity contribution in [3.63, 3.8) is 0 Å². The van der Waals surface area contributed by atoms with Gasteiger partial charge < -0.3 is 9.84 Å². The number of ether oxygens (including phenoxy) is 1. The Balaban J connectivity index is 2.91. The molecule has 0 unspecified atom stereocenters. The van der Waals surface area contributed by atoms with Crippen LogP contribution in [0.4, 0.5) is 10.5 Å². The first-order valence-corrected chi connectivity index (χ1v) is 4.85. The van der Waals surface area contributed by atoms with E-state index in [1.54, 1.807) is 24.3 Å². The lowest BCUT2D eigenvalue weighted by atomic mass is 10.2. The van der Waals surface area contributed by atoms with E-state index in [0.717, 1.165) is 10.5 Å². The molecule has 86 valence electrons. The zero-order valence-corrected chi connectivity index (χ0v) is 9.43. The molecule has 0 saturated heterocycles. The molecule has 1 aromatic rings. The normalized spacial score (nSPS) is 9.62. The van der Waals surface area contributed by atoms with Gasteiger partial charge in [0.05, 0.1) is 5.69 Å². The second-order valence-corrected chi connectivity index (χ2v) is 3.56. The summed E-state index contributed by atoms with van der Waals surface area (Å²) in [6.07, 6.45) is -1.02. The summed E-state index contributed by atoms with van der Waals surface area (Å²) in [6, 6.07) is 6.99. The van der Waals surface area contributed by atoms with Gasteiger partial charge in [-0.05, 0) is 24.6 Å². The quantitative estimate of drug-likeness (QED) is 0.795. The monoisotopic (exact) mass is 221 g/mol. The molecule has 0 fully saturated rings. The highest BCUT2D eigenvalue weighted by Crippen LogP contribution is 2.27. The molecule has 0 bridgehead atoms. The van der Waals surface area contributed by atoms with Crippen LogP contribution in [0.25, 0.3) is 0 Å². The third-order valence-corrected chi connectivity index (χ3v) is 1.99. The van der Waals surface area contributed by atoms with E-state index in [0.29, 0.717) is 18.0 Å². The average Bonchev–Trinajstić information content (AvgIpc) is 2.25. The minimum Gasteiger partial charge on any atom is -0.487 e. The van der Waals surface area contributed by atoms with Gasteiger partial charge in [0.2, 0.25) is 0 Å². The summed E-state index contributed by atoms with van der Waals surface area (Å²) < 4.78 is 5.47. The molecule has 0 heterocycles. The van der Waals surface area contributed by atoms with E-state index in [-0.39, 0.29) is 0 Å². The number of anilines is 1. The number of amides is 1. The predicted octanol–water partition coefficient (Wildman–Crippen LogP) is 2.76. The van der Waals surface area contributed by atoms with Gasteiger partial charge in [-0.15, -0.1) is 0 Å². The van der Waals surface area contributed by atoms with Crippen molar-refractivity contribution in [2.24, 2.45) is 0 Å². The summed E-state index contributed by atoms with van der Waals surface area (Å²) in [6.45, 7) is 5.96. The topological polar surface area (TPSA) is 49.8 Å². The molecule has 0 atom stereocenters. The largest absolute Gasteiger partial charge is 0.487 e. The number of nitrogens with zero attached hydrogens (tertiary/aromatic N) is 1. The molecule has 0 saturated carbocycles. The lowest BCUT2D eigenvalue weighted by Gasteiger charge is -2.17. The molecule has 1 N–H and O–H groups in total. The fraction of sp³-hybridized carbons (Fsp3) is 0.250. The number of hydrogen-bond donors (Lipinski definition) is 1. The SMILES string of the molecule is C=C(C)COc1ccccc1N(C)C(=O)O. The molecule has 0 aliphatic rings. The van der Waals surface area contributed by atoms with Crippen LogP contribution in [0, 0.1) is 0 Å². The molecule has 1 amide bonds. The van der Waals surface area contributed by atoms with Gasteiger partial charge in [0, 0.05) is 7.05 Å². The standard InChI is InChI=1S/C12H15NO3/c1-9(2)8-16-11-7-5-4-6-10(11)13(3)12(14)15/h4-7H,1,8H2,2-3H3,(H,14,15). The summed E-state index contributed by atoms with van der Waals surface area (Å²) in [5.74, 6) is 0.537. The first-order chi connectivity index (χ1) is 7.52. The van der Waals surface area contributed by atoms with Gasteiger partial charge in [0.15, 0.2) is 0 Å². The van der Waals surface area contributed by atoms with E-state index in [1.807, 2.05) is 6.92 Å². The Bertz CT molecular complexity index is 401. The Hall–Kier alpha value is -1.97. The van der Waals surface area contributed by atoms with Crippen LogP contribution in [0.2, 0.25) is 0 Å². The zero-order chi connectivity index (χ0) is 12.1. The van der Waals surface area contributed by atoms with Gasteiger partial charge in [-0.3, -0.25) is 4.90 Å². The maximum Gasteiger partial charge on any atom is 0.411 e. The van der Waals surface area contributed by atoms with Gasteiger partial charge >= 0.3 is 6.09 Å². The van der Waals surface area contributed by atoms with E-state index in [9.17, 15) is 4.79 Å². The molecule has 4 heteroatoms. The van der Waals surface area contributed by atoms with Crippen molar-refractivity contribution in [3.8, 4) is 5.75 Å². The van der Waals surface area contributed by atoms with Gasteiger partial charge in [-0.2, -0.15) is 0 Å². The fourth-order valence-corrected chi connectivity index (χ4v) is 1.16. The number of rotatable bonds is 4. The summed E-state index contributed by atoms with van der Waals surface area (Å²) in [5, 5.41) is 8.89. The third-order valence-electron chi connectivity index (χ3n) is 1.99. The van der Waals surface area contributed by atoms with E-state index in [4.69, 9.17) is 9.84 Å². The second kappa shape index (κ2) is 5.21. The molecule has 0 radical (unpaired) electrons. The van der Waals surface area contributed by atoms with Crippen molar-refractivity contribution in [3.05, 3.63) is 36.4 Å². The minimum atomic E-state index is -1.02. The van der Waals surface area contributed by atoms with Crippen molar-refractivity contribution in [1.29, 1.82) is 0 Å². The summed E-state index contributed by atoms with van der Waals surface area (Å²) >= 11 is 0. The molecule has 0 aromatic heterocycles. The molecular formula is C12H15NO3. The lowest BCUT2D eigenvalue weighted by molar-refractivity contribution is 0.203. The van der Waals surface area contributed by atoms with Crippen LogP contribution in [0.15, 0.2) is 36.4 Å². The Morgan fingerprint density at radius 2 is 2.12 bits per heavy atom. The highest BCUT2D eigenvalue weighted by Gasteiger charge is 2.13. The van der Waals surface area contributed by atoms with E-state index >= 15 is 0 Å². The van der Waals surface area contributed by atoms with Gasteiger partial charge in [-0.25, -0.2) is 4.79 Å². The van der Waals surface area contributed by atoms with Crippen LogP contribution in [0.3, 0.4) is 0 Å². The fourth-order valence-electron chi connectivity index (χ4n) is 1.16. The molecule has 1 aromatic carbocycles. The number of carboxylic acid groups (broad SMARTS) is 1. The summed E-state index contributed by atoms with van der Waals surface area (Å²) in [4.78, 5) is 12.0. The Morgan fingerprint density at radius 1 is 1.50 bits per heavy atom. The number of benzene rings is 1. The molecule has 0 spiro atoms. The van der Waals surface area contributed by atoms with Crippen molar-refractivity contribution >= 4 is 11.8 Å². The number of para-hydroxylation sites is 2. The smallest absolute Gasteiger partial charge is 0.411 e. The Kier molecular flexibility index (Phi) is 3.94. The zero-order valence-electron chi connectivity index (χ0n) is 9.43. The number of carbonyl (C=O) groups is 1. The van der Waals surface area contributed by atoms with Crippen molar-refractivity contribution in [1.82, 2.24) is 0 Å². The summed E-state index contributed by atoms with van der Waals surface area (Å²) in [7, 11) is 1.48. The van der Waals surface area contributed by atoms with Crippen LogP contribution in [-0.2, 0) is 0 Å².